The SMILES string of the molecule is CCC(C)(C)C(=O)OCC(O)CCN1C(=O)c2cccc3cccc(c23)C1=O.CCC(C)(C)C(=O)OCCCCOc1cccc2ccc(C3C(=O)c4c(Cl)c(Cl)c(Cl)c(Cl)c4C3=O)nc12.CCC(C)c1ccccc1.CCC(COCC(O)CCn1c2ccccc2c(=O)c2ccccc21)OC.CCN1C(=O)c2ccccc2C1=O. The van der Waals surface area contributed by atoms with Gasteiger partial charge in [-0.2, -0.15) is 0 Å². The van der Waals surface area contributed by atoms with Crippen LogP contribution in [-0.4, -0.2) is 148 Å². The minimum atomic E-state index is -1.23. The third kappa shape index (κ3) is 21.0. The summed E-state index contributed by atoms with van der Waals surface area (Å²) in [5.41, 5.74) is 4.83. The van der Waals surface area contributed by atoms with Crippen LogP contribution in [0.25, 0.3) is 43.5 Å². The fourth-order valence-corrected chi connectivity index (χ4v) is 14.2. The van der Waals surface area contributed by atoms with E-state index in [1.165, 1.54) is 16.9 Å². The van der Waals surface area contributed by atoms with Crippen molar-refractivity contribution in [3.05, 3.63) is 245 Å². The lowest BCUT2D eigenvalue weighted by Crippen LogP contribution is -2.42. The van der Waals surface area contributed by atoms with Crippen LogP contribution in [0.3, 0.4) is 0 Å². The van der Waals surface area contributed by atoms with Crippen LogP contribution in [-0.2, 0) is 35.1 Å². The largest absolute Gasteiger partial charge is 0.491 e. The van der Waals surface area contributed by atoms with Crippen LogP contribution >= 0.6 is 46.4 Å². The molecular formula is C92H100Cl4N4O16. The van der Waals surface area contributed by atoms with Crippen LogP contribution < -0.4 is 10.2 Å². The van der Waals surface area contributed by atoms with Crippen LogP contribution in [0.15, 0.2) is 175 Å². The summed E-state index contributed by atoms with van der Waals surface area (Å²) in [4.78, 5) is 119. The normalized spacial score (nSPS) is 14.2. The third-order valence-corrected chi connectivity index (χ3v) is 23.1. The van der Waals surface area contributed by atoms with Gasteiger partial charge in [-0.3, -0.25) is 53.0 Å². The molecule has 0 radical (unpaired) electrons. The van der Waals surface area contributed by atoms with Gasteiger partial charge in [0.05, 0.1) is 115 Å². The Labute approximate surface area is 696 Å². The van der Waals surface area contributed by atoms with Gasteiger partial charge in [-0.1, -0.05) is 190 Å². The molecule has 2 aromatic heterocycles. The highest BCUT2D eigenvalue weighted by Gasteiger charge is 2.46. The lowest BCUT2D eigenvalue weighted by Gasteiger charge is -2.28. The number of amides is 4. The van der Waals surface area contributed by atoms with Crippen LogP contribution in [0, 0.1) is 10.8 Å². The van der Waals surface area contributed by atoms with E-state index in [9.17, 15) is 53.4 Å². The molecule has 1 aliphatic carbocycles. The van der Waals surface area contributed by atoms with Crippen molar-refractivity contribution >= 4 is 137 Å². The molecule has 13 rings (SSSR count). The molecule has 20 nitrogen and oxygen atoms in total. The molecule has 2 N–H and O–H groups in total. The Morgan fingerprint density at radius 3 is 1.53 bits per heavy atom. The maximum absolute atomic E-state index is 13.3. The molecule has 10 aromatic rings. The number of halogens is 4. The Balaban J connectivity index is 0.000000176. The quantitative estimate of drug-likeness (QED) is 0.00878. The summed E-state index contributed by atoms with van der Waals surface area (Å²) >= 11 is 24.8. The van der Waals surface area contributed by atoms with Gasteiger partial charge in [0.15, 0.2) is 17.0 Å². The number of esters is 2. The molecule has 116 heavy (non-hydrogen) atoms. The number of benzene rings is 8. The number of aliphatic hydroxyl groups is 2. The van der Waals surface area contributed by atoms with Gasteiger partial charge in [0, 0.05) is 59.4 Å². The van der Waals surface area contributed by atoms with E-state index in [0.717, 1.165) is 33.1 Å². The average molecular weight is 1660 g/mol. The molecule has 0 bridgehead atoms. The maximum atomic E-state index is 13.3. The predicted molar refractivity (Wildman–Crippen MR) is 455 cm³/mol. The lowest BCUT2D eigenvalue weighted by atomic mass is 9.91. The molecule has 0 saturated heterocycles. The van der Waals surface area contributed by atoms with E-state index >= 15 is 0 Å². The van der Waals surface area contributed by atoms with Gasteiger partial charge in [-0.15, -0.1) is 0 Å². The maximum Gasteiger partial charge on any atom is 0.311 e. The zero-order chi connectivity index (χ0) is 84.3. The minimum absolute atomic E-state index is 0.0458. The number of aromatic nitrogens is 2. The van der Waals surface area contributed by atoms with Gasteiger partial charge in [0.1, 0.15) is 23.8 Å². The zero-order valence-electron chi connectivity index (χ0n) is 67.3. The van der Waals surface area contributed by atoms with Crippen molar-refractivity contribution in [2.45, 2.75) is 157 Å². The number of fused-ring (bicyclic) bond motifs is 5. The Kier molecular flexibility index (Phi) is 32.2. The number of imide groups is 2. The fourth-order valence-electron chi connectivity index (χ4n) is 13.1. The van der Waals surface area contributed by atoms with E-state index in [1.807, 2.05) is 107 Å². The monoisotopic (exact) mass is 1660 g/mol. The average Bonchev–Trinajstić information content (AvgIpc) is 1.34. The second kappa shape index (κ2) is 41.4. The van der Waals surface area contributed by atoms with Crippen LogP contribution in [0.1, 0.15) is 206 Å². The number of aliphatic hydroxyl groups excluding tert-OH is 2. The number of ketones is 2. The first-order valence-electron chi connectivity index (χ1n) is 39.2. The lowest BCUT2D eigenvalue weighted by molar-refractivity contribution is -0.157. The first-order valence-corrected chi connectivity index (χ1v) is 40.7. The summed E-state index contributed by atoms with van der Waals surface area (Å²) in [6, 6.07) is 52.4. The van der Waals surface area contributed by atoms with Gasteiger partial charge in [0.25, 0.3) is 23.6 Å². The van der Waals surface area contributed by atoms with Gasteiger partial charge < -0.3 is 38.5 Å². The standard InChI is InChI=1S/C28H25Cl4NO5.C22H25NO5.C22H27NO4.C10H9NO2.C10H14/c1-4-28(2,3)27(36)38-13-6-5-12-37-16-9-7-8-14-10-11-15(33-24(14)16)17-25(34)18-19(26(17)35)21(30)23(32)22(31)20(18)29;1-4-22(2,3)21(27)28-13-15(24)11-12-23-19(25)16-9-5-7-14-8-6-10-17(18(14)16)20(23)26;1-3-17(26-2)15-27-14-16(24)12-13-23-20-10-6-4-8-18(20)22(25)19-9-5-7-11-21(19)23;1-2-11-9(12)7-5-3-4-6-8(7)10(11)13;1-3-9(2)10-7-5-4-6-8-10/h7-11,17H,4-6,12-13H2,1-3H3;5-10,15,24H,4,11-13H2,1-3H3;4-11,16-17,24H,3,12-15H2,1-2H3;3-6H,2H2,1H3;4-9H,3H2,1-2H3. The number of pyridine rings is 2. The second-order valence-electron chi connectivity index (χ2n) is 29.8. The number of aryl methyl sites for hydroxylation is 1. The molecule has 612 valence electrons. The van der Waals surface area contributed by atoms with Crippen LogP contribution in [0.2, 0.25) is 20.1 Å². The number of hydrogen-bond donors (Lipinski definition) is 2. The van der Waals surface area contributed by atoms with E-state index in [-0.39, 0.29) is 110 Å². The molecule has 2 aliphatic heterocycles. The Morgan fingerprint density at radius 1 is 0.509 bits per heavy atom. The predicted octanol–water partition coefficient (Wildman–Crippen LogP) is 19.2. The minimum Gasteiger partial charge on any atom is -0.491 e. The van der Waals surface area contributed by atoms with Gasteiger partial charge >= 0.3 is 11.9 Å². The number of hydrogen-bond acceptors (Lipinski definition) is 17. The summed E-state index contributed by atoms with van der Waals surface area (Å²) in [6.45, 7) is 21.8. The van der Waals surface area contributed by atoms with Crippen molar-refractivity contribution in [1.82, 2.24) is 19.4 Å². The second-order valence-corrected chi connectivity index (χ2v) is 31.3. The van der Waals surface area contributed by atoms with Crippen molar-refractivity contribution in [1.29, 1.82) is 0 Å². The van der Waals surface area contributed by atoms with Crippen molar-refractivity contribution in [2.24, 2.45) is 10.8 Å². The number of unbranched alkanes of at least 4 members (excludes halogenated alkanes) is 1. The number of methoxy groups -OCH3 is 1. The highest BCUT2D eigenvalue weighted by molar-refractivity contribution is 6.56. The summed E-state index contributed by atoms with van der Waals surface area (Å²) in [5, 5.41) is 23.8. The molecule has 4 atom stereocenters. The van der Waals surface area contributed by atoms with Crippen molar-refractivity contribution in [2.75, 3.05) is 53.2 Å². The molecule has 0 spiro atoms. The van der Waals surface area contributed by atoms with E-state index in [0.29, 0.717) is 121 Å². The van der Waals surface area contributed by atoms with E-state index in [4.69, 9.17) is 70.1 Å². The number of rotatable bonds is 28. The van der Waals surface area contributed by atoms with Crippen molar-refractivity contribution in [3.63, 3.8) is 0 Å². The van der Waals surface area contributed by atoms with Crippen LogP contribution in [0.4, 0.5) is 0 Å². The number of para-hydroxylation sites is 3. The van der Waals surface area contributed by atoms with Gasteiger partial charge in [-0.05, 0) is 164 Å². The van der Waals surface area contributed by atoms with Gasteiger partial charge in [0.2, 0.25) is 0 Å². The highest BCUT2D eigenvalue weighted by atomic mass is 35.5. The van der Waals surface area contributed by atoms with E-state index < -0.39 is 40.5 Å². The number of ether oxygens (including phenoxy) is 5. The molecule has 0 fully saturated rings. The molecule has 4 heterocycles. The molecule has 3 aliphatic rings. The third-order valence-electron chi connectivity index (χ3n) is 21.3. The molecule has 24 heteroatoms. The van der Waals surface area contributed by atoms with E-state index in [1.54, 1.807) is 94.6 Å². The number of carbonyl (C=O) groups is 8. The summed E-state index contributed by atoms with van der Waals surface area (Å²) in [6.07, 6.45) is 3.95. The molecule has 4 amide bonds. The summed E-state index contributed by atoms with van der Waals surface area (Å²) < 4.78 is 29.5. The Bertz CT molecular complexity index is 5100. The van der Waals surface area contributed by atoms with Crippen LogP contribution in [0.5, 0.6) is 5.75 Å². The summed E-state index contributed by atoms with van der Waals surface area (Å²) in [7, 11) is 1.67. The van der Waals surface area contributed by atoms with Crippen molar-refractivity contribution in [3.8, 4) is 5.75 Å². The number of nitrogens with zero attached hydrogens (tertiary/aromatic N) is 4. The highest BCUT2D eigenvalue weighted by Crippen LogP contribution is 2.48. The van der Waals surface area contributed by atoms with Gasteiger partial charge in [-0.25, -0.2) is 4.98 Å². The number of carbonyl (C=O) groups excluding carboxylic acids is 8. The molecule has 8 aromatic carbocycles. The molecular weight excluding hydrogens is 1560 g/mol. The Morgan fingerprint density at radius 2 is 0.991 bits per heavy atom. The zero-order valence-corrected chi connectivity index (χ0v) is 70.3. The smallest absolute Gasteiger partial charge is 0.311 e. The van der Waals surface area contributed by atoms with Crippen molar-refractivity contribution < 1.29 is 72.3 Å². The molecule has 0 saturated carbocycles. The molecule has 4 unspecified atom stereocenters. The summed E-state index contributed by atoms with van der Waals surface area (Å²) in [5.74, 6) is -2.77. The fraction of sp³-hybridized carbons (Fsp3) is 0.370. The number of Topliss-reactive ketones (excluding diaryl/α,β-unsaturated/α-hetero) is 2. The topological polar surface area (TPSA) is 265 Å². The van der Waals surface area contributed by atoms with E-state index in [2.05, 4.69) is 53.7 Å². The first-order chi connectivity index (χ1) is 55.5. The first kappa shape index (κ1) is 90.2. The Hall–Kier alpha value is -9.74.